The number of hydrogen-bond donors (Lipinski definition) is 3. The van der Waals surface area contributed by atoms with Crippen LogP contribution in [0.25, 0.3) is 0 Å². The van der Waals surface area contributed by atoms with Gasteiger partial charge in [0.15, 0.2) is 5.96 Å². The van der Waals surface area contributed by atoms with Crippen molar-refractivity contribution in [2.24, 2.45) is 4.99 Å². The Hall–Kier alpha value is -1.42. The third-order valence-electron chi connectivity index (χ3n) is 4.53. The molecule has 1 atom stereocenters. The van der Waals surface area contributed by atoms with E-state index in [-0.39, 0.29) is 29.9 Å². The zero-order chi connectivity index (χ0) is 18.8. The van der Waals surface area contributed by atoms with Crippen molar-refractivity contribution in [2.75, 3.05) is 38.0 Å². The van der Waals surface area contributed by atoms with Gasteiger partial charge in [0.2, 0.25) is 5.91 Å². The lowest BCUT2D eigenvalue weighted by Crippen LogP contribution is -2.40. The molecule has 152 valence electrons. The van der Waals surface area contributed by atoms with Crippen LogP contribution in [0.4, 0.5) is 5.82 Å². The van der Waals surface area contributed by atoms with Gasteiger partial charge in [-0.25, -0.2) is 4.98 Å². The number of aliphatic imine (C=N–C) groups is 1. The van der Waals surface area contributed by atoms with Crippen molar-refractivity contribution in [3.05, 3.63) is 23.9 Å². The first-order valence-electron chi connectivity index (χ1n) is 9.61. The molecule has 1 aliphatic heterocycles. The van der Waals surface area contributed by atoms with Crippen LogP contribution in [0.3, 0.4) is 0 Å². The van der Waals surface area contributed by atoms with E-state index in [1.807, 2.05) is 26.0 Å². The summed E-state index contributed by atoms with van der Waals surface area (Å²) in [6.45, 7) is 10.6. The van der Waals surface area contributed by atoms with Gasteiger partial charge in [-0.3, -0.25) is 14.7 Å². The van der Waals surface area contributed by atoms with Gasteiger partial charge >= 0.3 is 0 Å². The lowest BCUT2D eigenvalue weighted by atomic mass is 10.2. The molecule has 0 saturated carbocycles. The van der Waals surface area contributed by atoms with Gasteiger partial charge in [-0.1, -0.05) is 13.0 Å². The molecule has 27 heavy (non-hydrogen) atoms. The predicted octanol–water partition coefficient (Wildman–Crippen LogP) is 2.38. The third kappa shape index (κ3) is 8.42. The Balaban J connectivity index is 0.00000364. The first-order valence-corrected chi connectivity index (χ1v) is 9.61. The normalized spacial score (nSPS) is 17.3. The van der Waals surface area contributed by atoms with E-state index in [0.29, 0.717) is 24.8 Å². The van der Waals surface area contributed by atoms with Gasteiger partial charge in [0, 0.05) is 31.7 Å². The monoisotopic (exact) mass is 488 g/mol. The summed E-state index contributed by atoms with van der Waals surface area (Å²) in [4.78, 5) is 23.4. The Morgan fingerprint density at radius 1 is 1.33 bits per heavy atom. The molecule has 0 radical (unpaired) electrons. The second kappa shape index (κ2) is 12.9. The topological polar surface area (TPSA) is 81.7 Å². The van der Waals surface area contributed by atoms with Gasteiger partial charge in [0.1, 0.15) is 5.82 Å². The Kier molecular flexibility index (Phi) is 11.3. The summed E-state index contributed by atoms with van der Waals surface area (Å²) in [5.41, 5.74) is 1.07. The number of guanidine groups is 1. The molecule has 1 aromatic heterocycles. The van der Waals surface area contributed by atoms with E-state index < -0.39 is 0 Å². The highest BCUT2D eigenvalue weighted by Crippen LogP contribution is 2.16. The van der Waals surface area contributed by atoms with Crippen molar-refractivity contribution >= 4 is 41.7 Å². The molecule has 2 rings (SSSR count). The number of aryl methyl sites for hydroxylation is 1. The Labute approximate surface area is 179 Å². The standard InChI is InChI=1S/C19H32N6O.HI/c1-4-20-19(23-14-16-7-6-12-25(16)5-2)21-11-10-18(26)24-17-9-8-15(3)13-22-17;/h8-9,13,16H,4-7,10-12,14H2,1-3H3,(H2,20,21,23)(H,22,24,26);1H. The van der Waals surface area contributed by atoms with E-state index in [1.54, 1.807) is 6.20 Å². The highest BCUT2D eigenvalue weighted by molar-refractivity contribution is 14.0. The summed E-state index contributed by atoms with van der Waals surface area (Å²) < 4.78 is 0. The van der Waals surface area contributed by atoms with Crippen LogP contribution in [0.5, 0.6) is 0 Å². The van der Waals surface area contributed by atoms with Crippen LogP contribution in [0, 0.1) is 6.92 Å². The number of hydrogen-bond acceptors (Lipinski definition) is 4. The maximum atomic E-state index is 12.0. The molecule has 0 bridgehead atoms. The highest BCUT2D eigenvalue weighted by atomic mass is 127. The minimum absolute atomic E-state index is 0. The maximum absolute atomic E-state index is 12.0. The molecule has 1 aliphatic rings. The number of likely N-dealkylation sites (N-methyl/N-ethyl adjacent to an activating group) is 1. The maximum Gasteiger partial charge on any atom is 0.227 e. The quantitative estimate of drug-likeness (QED) is 0.298. The summed E-state index contributed by atoms with van der Waals surface area (Å²) in [6, 6.07) is 4.28. The SMILES string of the molecule is CCNC(=NCC1CCCN1CC)NCCC(=O)Nc1ccc(C)cn1.I. The second-order valence-corrected chi connectivity index (χ2v) is 6.59. The van der Waals surface area contributed by atoms with Crippen molar-refractivity contribution in [2.45, 2.75) is 46.1 Å². The van der Waals surface area contributed by atoms with Crippen molar-refractivity contribution < 1.29 is 4.79 Å². The van der Waals surface area contributed by atoms with E-state index in [4.69, 9.17) is 4.99 Å². The molecular weight excluding hydrogens is 455 g/mol. The van der Waals surface area contributed by atoms with Crippen molar-refractivity contribution in [1.29, 1.82) is 0 Å². The average molecular weight is 488 g/mol. The minimum Gasteiger partial charge on any atom is -0.357 e. The van der Waals surface area contributed by atoms with Gasteiger partial charge < -0.3 is 16.0 Å². The molecule has 0 aromatic carbocycles. The molecule has 0 aliphatic carbocycles. The molecule has 0 spiro atoms. The van der Waals surface area contributed by atoms with E-state index in [2.05, 4.69) is 32.8 Å². The van der Waals surface area contributed by atoms with Crippen LogP contribution in [-0.4, -0.2) is 60.5 Å². The number of nitrogens with one attached hydrogen (secondary N) is 3. The van der Waals surface area contributed by atoms with Crippen LogP contribution in [0.1, 0.15) is 38.7 Å². The Bertz CT molecular complexity index is 592. The average Bonchev–Trinajstić information content (AvgIpc) is 3.09. The molecule has 8 heteroatoms. The van der Waals surface area contributed by atoms with Gasteiger partial charge in [-0.15, -0.1) is 24.0 Å². The van der Waals surface area contributed by atoms with Crippen LogP contribution < -0.4 is 16.0 Å². The van der Waals surface area contributed by atoms with Crippen LogP contribution >= 0.6 is 24.0 Å². The molecular formula is C19H33IN6O. The van der Waals surface area contributed by atoms with Gasteiger partial charge in [0.25, 0.3) is 0 Å². The van der Waals surface area contributed by atoms with E-state index in [9.17, 15) is 4.79 Å². The minimum atomic E-state index is -0.0577. The number of aromatic nitrogens is 1. The fourth-order valence-electron chi connectivity index (χ4n) is 3.10. The zero-order valence-electron chi connectivity index (χ0n) is 16.6. The number of likely N-dealkylation sites (tertiary alicyclic amines) is 1. The number of carbonyl (C=O) groups excluding carboxylic acids is 1. The van der Waals surface area contributed by atoms with Crippen molar-refractivity contribution in [3.8, 4) is 0 Å². The summed E-state index contributed by atoms with van der Waals surface area (Å²) in [5.74, 6) is 1.30. The number of halogens is 1. The smallest absolute Gasteiger partial charge is 0.227 e. The summed E-state index contributed by atoms with van der Waals surface area (Å²) >= 11 is 0. The highest BCUT2D eigenvalue weighted by Gasteiger charge is 2.22. The van der Waals surface area contributed by atoms with Gasteiger partial charge in [-0.2, -0.15) is 0 Å². The summed E-state index contributed by atoms with van der Waals surface area (Å²) in [7, 11) is 0. The Morgan fingerprint density at radius 3 is 2.81 bits per heavy atom. The van der Waals surface area contributed by atoms with Crippen LogP contribution in [0.15, 0.2) is 23.3 Å². The number of carbonyl (C=O) groups is 1. The third-order valence-corrected chi connectivity index (χ3v) is 4.53. The van der Waals surface area contributed by atoms with Crippen LogP contribution in [-0.2, 0) is 4.79 Å². The van der Waals surface area contributed by atoms with E-state index >= 15 is 0 Å². The first kappa shape index (κ1) is 23.6. The fraction of sp³-hybridized carbons (Fsp3) is 0.632. The predicted molar refractivity (Wildman–Crippen MR) is 122 cm³/mol. The lowest BCUT2D eigenvalue weighted by Gasteiger charge is -2.21. The molecule has 1 fully saturated rings. The molecule has 2 heterocycles. The molecule has 7 nitrogen and oxygen atoms in total. The van der Waals surface area contributed by atoms with E-state index in [0.717, 1.165) is 31.2 Å². The first-order chi connectivity index (χ1) is 12.6. The second-order valence-electron chi connectivity index (χ2n) is 6.59. The van der Waals surface area contributed by atoms with Crippen molar-refractivity contribution in [3.63, 3.8) is 0 Å². The molecule has 3 N–H and O–H groups in total. The summed E-state index contributed by atoms with van der Waals surface area (Å²) in [5, 5.41) is 9.30. The fourth-order valence-corrected chi connectivity index (χ4v) is 3.10. The van der Waals surface area contributed by atoms with Gasteiger partial charge in [-0.05, 0) is 51.4 Å². The number of rotatable bonds is 8. The number of amides is 1. The van der Waals surface area contributed by atoms with E-state index in [1.165, 1.54) is 19.4 Å². The molecule has 1 saturated heterocycles. The van der Waals surface area contributed by atoms with Crippen molar-refractivity contribution in [1.82, 2.24) is 20.5 Å². The molecule has 1 unspecified atom stereocenters. The Morgan fingerprint density at radius 2 is 2.15 bits per heavy atom. The van der Waals surface area contributed by atoms with Gasteiger partial charge in [0.05, 0.1) is 6.54 Å². The summed E-state index contributed by atoms with van der Waals surface area (Å²) in [6.07, 6.45) is 4.57. The zero-order valence-corrected chi connectivity index (χ0v) is 19.0. The largest absolute Gasteiger partial charge is 0.357 e. The number of anilines is 1. The number of pyridine rings is 1. The molecule has 1 aromatic rings. The van der Waals surface area contributed by atoms with Crippen LogP contribution in [0.2, 0.25) is 0 Å². The lowest BCUT2D eigenvalue weighted by molar-refractivity contribution is -0.116. The number of nitrogens with zero attached hydrogens (tertiary/aromatic N) is 3. The molecule has 1 amide bonds.